The number of aliphatic hydroxyl groups excluding tert-OH is 1. The van der Waals surface area contributed by atoms with Crippen LogP contribution in [0.3, 0.4) is 0 Å². The first-order valence-corrected chi connectivity index (χ1v) is 8.36. The van der Waals surface area contributed by atoms with Gasteiger partial charge in [0.15, 0.2) is 0 Å². The minimum atomic E-state index is -3.57. The zero-order valence-corrected chi connectivity index (χ0v) is 11.9. The SMILES string of the molecule is O=S(=O)(NC1CCOC1C1CC1)c1cnn(CCO)c1. The highest BCUT2D eigenvalue weighted by Gasteiger charge is 2.42. The Bertz CT molecular complexity index is 567. The van der Waals surface area contributed by atoms with Crippen LogP contribution < -0.4 is 4.72 Å². The fourth-order valence-corrected chi connectivity index (χ4v) is 3.84. The highest BCUT2D eigenvalue weighted by molar-refractivity contribution is 7.89. The quantitative estimate of drug-likeness (QED) is 0.754. The van der Waals surface area contributed by atoms with E-state index in [1.807, 2.05) is 0 Å². The Labute approximate surface area is 118 Å². The van der Waals surface area contributed by atoms with Crippen molar-refractivity contribution in [2.45, 2.75) is 42.8 Å². The van der Waals surface area contributed by atoms with Crippen LogP contribution in [0.15, 0.2) is 17.3 Å². The molecule has 0 radical (unpaired) electrons. The normalized spacial score (nSPS) is 27.1. The molecule has 2 heterocycles. The average Bonchev–Trinajstić information content (AvgIpc) is 2.95. The van der Waals surface area contributed by atoms with E-state index in [4.69, 9.17) is 9.84 Å². The molecular formula is C12H19N3O4S. The lowest BCUT2D eigenvalue weighted by Crippen LogP contribution is -2.41. The predicted octanol–water partition coefficient (Wildman–Crippen LogP) is -0.279. The molecule has 1 aliphatic heterocycles. The van der Waals surface area contributed by atoms with E-state index in [1.165, 1.54) is 17.1 Å². The van der Waals surface area contributed by atoms with Crippen molar-refractivity contribution in [2.24, 2.45) is 5.92 Å². The first-order valence-electron chi connectivity index (χ1n) is 6.87. The van der Waals surface area contributed by atoms with Crippen molar-refractivity contribution >= 4 is 10.0 Å². The maximum absolute atomic E-state index is 12.3. The van der Waals surface area contributed by atoms with Crippen LogP contribution >= 0.6 is 0 Å². The zero-order valence-electron chi connectivity index (χ0n) is 11.1. The predicted molar refractivity (Wildman–Crippen MR) is 70.5 cm³/mol. The van der Waals surface area contributed by atoms with Gasteiger partial charge in [-0.3, -0.25) is 4.68 Å². The first kappa shape index (κ1) is 14.0. The lowest BCUT2D eigenvalue weighted by atomic mass is 10.1. The highest BCUT2D eigenvalue weighted by atomic mass is 32.2. The maximum atomic E-state index is 12.3. The Balaban J connectivity index is 1.70. The van der Waals surface area contributed by atoms with Crippen LogP contribution in [0.25, 0.3) is 0 Å². The van der Waals surface area contributed by atoms with Gasteiger partial charge in [-0.15, -0.1) is 0 Å². The topological polar surface area (TPSA) is 93.5 Å². The van der Waals surface area contributed by atoms with Crippen molar-refractivity contribution in [2.75, 3.05) is 13.2 Å². The van der Waals surface area contributed by atoms with Crippen molar-refractivity contribution in [1.82, 2.24) is 14.5 Å². The van der Waals surface area contributed by atoms with Gasteiger partial charge in [-0.25, -0.2) is 13.1 Å². The smallest absolute Gasteiger partial charge is 0.244 e. The van der Waals surface area contributed by atoms with Crippen LogP contribution in [0, 0.1) is 5.92 Å². The van der Waals surface area contributed by atoms with Crippen molar-refractivity contribution in [1.29, 1.82) is 0 Å². The lowest BCUT2D eigenvalue weighted by molar-refractivity contribution is 0.0848. The number of ether oxygens (including phenoxy) is 1. The molecule has 1 aliphatic carbocycles. The number of aliphatic hydroxyl groups is 1. The molecule has 0 bridgehead atoms. The van der Waals surface area contributed by atoms with Gasteiger partial charge in [0.05, 0.1) is 31.5 Å². The van der Waals surface area contributed by atoms with Gasteiger partial charge in [0, 0.05) is 12.8 Å². The molecule has 2 fully saturated rings. The highest BCUT2D eigenvalue weighted by Crippen LogP contribution is 2.39. The Morgan fingerprint density at radius 1 is 1.45 bits per heavy atom. The summed E-state index contributed by atoms with van der Waals surface area (Å²) >= 11 is 0. The number of hydrogen-bond donors (Lipinski definition) is 2. The summed E-state index contributed by atoms with van der Waals surface area (Å²) in [5, 5.41) is 12.7. The van der Waals surface area contributed by atoms with Gasteiger partial charge in [-0.05, 0) is 25.2 Å². The van der Waals surface area contributed by atoms with Crippen LogP contribution in [-0.2, 0) is 21.3 Å². The van der Waals surface area contributed by atoms with E-state index in [0.29, 0.717) is 18.9 Å². The third-order valence-electron chi connectivity index (χ3n) is 3.78. The summed E-state index contributed by atoms with van der Waals surface area (Å²) in [5.74, 6) is 0.502. The van der Waals surface area contributed by atoms with Gasteiger partial charge in [0.1, 0.15) is 4.90 Å². The number of aromatic nitrogens is 2. The summed E-state index contributed by atoms with van der Waals surface area (Å²) in [4.78, 5) is 0.132. The number of nitrogens with zero attached hydrogens (tertiary/aromatic N) is 2. The monoisotopic (exact) mass is 301 g/mol. The van der Waals surface area contributed by atoms with Crippen LogP contribution in [0.4, 0.5) is 0 Å². The Hall–Kier alpha value is -0.960. The van der Waals surface area contributed by atoms with Crippen LogP contribution in [0.1, 0.15) is 19.3 Å². The largest absolute Gasteiger partial charge is 0.394 e. The first-order chi connectivity index (χ1) is 9.60. The van der Waals surface area contributed by atoms with Crippen molar-refractivity contribution < 1.29 is 18.3 Å². The Kier molecular flexibility index (Phi) is 3.80. The summed E-state index contributed by atoms with van der Waals surface area (Å²) in [6, 6.07) is -0.145. The van der Waals surface area contributed by atoms with Gasteiger partial charge < -0.3 is 9.84 Å². The lowest BCUT2D eigenvalue weighted by Gasteiger charge is -2.18. The van der Waals surface area contributed by atoms with E-state index in [9.17, 15) is 8.42 Å². The summed E-state index contributed by atoms with van der Waals surface area (Å²) in [6.45, 7) is 0.819. The van der Waals surface area contributed by atoms with E-state index in [0.717, 1.165) is 12.8 Å². The molecule has 2 N–H and O–H groups in total. The van der Waals surface area contributed by atoms with Crippen molar-refractivity contribution in [3.05, 3.63) is 12.4 Å². The molecule has 0 spiro atoms. The molecule has 3 rings (SSSR count). The molecule has 1 aromatic heterocycles. The average molecular weight is 301 g/mol. The van der Waals surface area contributed by atoms with Gasteiger partial charge in [-0.1, -0.05) is 0 Å². The summed E-state index contributed by atoms with van der Waals surface area (Å²) in [5.41, 5.74) is 0. The minimum Gasteiger partial charge on any atom is -0.394 e. The van der Waals surface area contributed by atoms with Crippen LogP contribution in [0.2, 0.25) is 0 Å². The van der Waals surface area contributed by atoms with Crippen molar-refractivity contribution in [3.63, 3.8) is 0 Å². The molecule has 20 heavy (non-hydrogen) atoms. The Morgan fingerprint density at radius 2 is 2.25 bits per heavy atom. The second-order valence-electron chi connectivity index (χ2n) is 5.35. The van der Waals surface area contributed by atoms with Gasteiger partial charge in [0.2, 0.25) is 10.0 Å². The van der Waals surface area contributed by atoms with Gasteiger partial charge >= 0.3 is 0 Å². The molecule has 2 atom stereocenters. The van der Waals surface area contributed by atoms with Gasteiger partial charge in [-0.2, -0.15) is 5.10 Å². The molecule has 7 nitrogen and oxygen atoms in total. The van der Waals surface area contributed by atoms with E-state index in [2.05, 4.69) is 9.82 Å². The molecule has 2 unspecified atom stereocenters. The number of sulfonamides is 1. The molecule has 8 heteroatoms. The molecule has 1 aromatic rings. The molecule has 112 valence electrons. The number of hydrogen-bond acceptors (Lipinski definition) is 5. The third-order valence-corrected chi connectivity index (χ3v) is 5.22. The summed E-state index contributed by atoms with van der Waals surface area (Å²) < 4.78 is 34.4. The van der Waals surface area contributed by atoms with E-state index in [1.54, 1.807) is 0 Å². The standard InChI is InChI=1S/C12H19N3O4S/c16-5-4-15-8-10(7-13-15)20(17,18)14-11-3-6-19-12(11)9-1-2-9/h7-9,11-12,14,16H,1-6H2. The van der Waals surface area contributed by atoms with E-state index in [-0.39, 0.29) is 30.2 Å². The van der Waals surface area contributed by atoms with Gasteiger partial charge in [0.25, 0.3) is 0 Å². The summed E-state index contributed by atoms with van der Waals surface area (Å²) in [6.07, 6.45) is 5.71. The minimum absolute atomic E-state index is 0.0114. The number of nitrogens with one attached hydrogen (secondary N) is 1. The third kappa shape index (κ3) is 2.88. The van der Waals surface area contributed by atoms with Crippen LogP contribution in [-0.4, -0.2) is 48.7 Å². The molecule has 0 aromatic carbocycles. The molecule has 2 aliphatic rings. The zero-order chi connectivity index (χ0) is 14.2. The molecule has 1 saturated heterocycles. The molecule has 0 amide bonds. The van der Waals surface area contributed by atoms with Crippen LogP contribution in [0.5, 0.6) is 0 Å². The summed E-state index contributed by atoms with van der Waals surface area (Å²) in [7, 11) is -3.57. The van der Waals surface area contributed by atoms with Crippen molar-refractivity contribution in [3.8, 4) is 0 Å². The molecular weight excluding hydrogens is 282 g/mol. The fraction of sp³-hybridized carbons (Fsp3) is 0.750. The fourth-order valence-electron chi connectivity index (χ4n) is 2.60. The second-order valence-corrected chi connectivity index (χ2v) is 7.07. The Morgan fingerprint density at radius 3 is 2.95 bits per heavy atom. The number of rotatable bonds is 6. The second kappa shape index (κ2) is 5.44. The van der Waals surface area contributed by atoms with E-state index >= 15 is 0 Å². The molecule has 1 saturated carbocycles. The van der Waals surface area contributed by atoms with E-state index < -0.39 is 10.0 Å². The maximum Gasteiger partial charge on any atom is 0.244 e.